The first kappa shape index (κ1) is 17.3. The lowest BCUT2D eigenvalue weighted by molar-refractivity contribution is -0.139. The Balaban J connectivity index is 1.95. The van der Waals surface area contributed by atoms with Crippen molar-refractivity contribution in [1.29, 1.82) is 0 Å². The summed E-state index contributed by atoms with van der Waals surface area (Å²) in [5.74, 6) is 1.53. The first-order valence-corrected chi connectivity index (χ1v) is 8.36. The summed E-state index contributed by atoms with van der Waals surface area (Å²) in [6.45, 7) is 1.17. The molecule has 1 heterocycles. The predicted octanol–water partition coefficient (Wildman–Crippen LogP) is 3.19. The summed E-state index contributed by atoms with van der Waals surface area (Å²) in [6, 6.07) is 15.7. The third-order valence-electron chi connectivity index (χ3n) is 4.38. The zero-order chi connectivity index (χ0) is 17.6. The Bertz CT molecular complexity index is 717. The number of hydrogen-bond acceptors (Lipinski definition) is 4. The summed E-state index contributed by atoms with van der Waals surface area (Å²) in [5.41, 5.74) is 2.06. The van der Waals surface area contributed by atoms with Crippen LogP contribution in [0, 0.1) is 0 Å². The van der Waals surface area contributed by atoms with E-state index in [0.29, 0.717) is 13.2 Å². The molecule has 0 aromatic heterocycles. The first-order valence-electron chi connectivity index (χ1n) is 8.36. The maximum absolute atomic E-state index is 12.7. The van der Waals surface area contributed by atoms with Gasteiger partial charge in [0.15, 0.2) is 0 Å². The molecule has 132 valence electrons. The molecule has 1 atom stereocenters. The molecule has 25 heavy (non-hydrogen) atoms. The van der Waals surface area contributed by atoms with Crippen LogP contribution in [0.3, 0.4) is 0 Å². The third kappa shape index (κ3) is 3.94. The van der Waals surface area contributed by atoms with Crippen LogP contribution in [0.4, 0.5) is 0 Å². The van der Waals surface area contributed by atoms with Crippen molar-refractivity contribution in [2.75, 3.05) is 27.4 Å². The number of carbonyl (C=O) groups is 1. The third-order valence-corrected chi connectivity index (χ3v) is 4.38. The summed E-state index contributed by atoms with van der Waals surface area (Å²) in [5, 5.41) is 0. The second kappa shape index (κ2) is 8.03. The molecule has 3 rings (SSSR count). The van der Waals surface area contributed by atoms with Crippen molar-refractivity contribution in [1.82, 2.24) is 4.90 Å². The predicted molar refractivity (Wildman–Crippen MR) is 94.7 cm³/mol. The molecule has 2 aromatic carbocycles. The van der Waals surface area contributed by atoms with Gasteiger partial charge in [-0.15, -0.1) is 0 Å². The van der Waals surface area contributed by atoms with Crippen molar-refractivity contribution in [3.8, 4) is 11.5 Å². The van der Waals surface area contributed by atoms with Gasteiger partial charge >= 0.3 is 0 Å². The fourth-order valence-corrected chi connectivity index (χ4v) is 3.16. The number of benzene rings is 2. The van der Waals surface area contributed by atoms with Crippen LogP contribution >= 0.6 is 0 Å². The topological polar surface area (TPSA) is 48.0 Å². The van der Waals surface area contributed by atoms with Crippen molar-refractivity contribution in [3.63, 3.8) is 0 Å². The molecular formula is C20H23NO4. The van der Waals surface area contributed by atoms with E-state index in [1.165, 1.54) is 0 Å². The van der Waals surface area contributed by atoms with Crippen LogP contribution in [-0.2, 0) is 16.1 Å². The van der Waals surface area contributed by atoms with Crippen molar-refractivity contribution in [3.05, 3.63) is 59.7 Å². The van der Waals surface area contributed by atoms with E-state index in [2.05, 4.69) is 0 Å². The lowest BCUT2D eigenvalue weighted by Crippen LogP contribution is -2.39. The molecule has 0 saturated heterocycles. The molecular weight excluding hydrogens is 318 g/mol. The molecule has 2 aromatic rings. The lowest BCUT2D eigenvalue weighted by atomic mass is 9.97. The zero-order valence-corrected chi connectivity index (χ0v) is 14.6. The lowest BCUT2D eigenvalue weighted by Gasteiger charge is -2.36. The Labute approximate surface area is 148 Å². The number of carbonyl (C=O) groups excluding carboxylic acids is 1. The standard InChI is InChI=1S/C20H23NO4/c1-23-14-20(22)21(13-15-6-4-3-5-7-15)18-10-11-25-19-9-8-16(24-2)12-17(18)19/h3-9,12,18H,10-11,13-14H2,1-2H3/t18-/m0/s1. The van der Waals surface area contributed by atoms with Gasteiger partial charge in [-0.1, -0.05) is 30.3 Å². The monoisotopic (exact) mass is 341 g/mol. The van der Waals surface area contributed by atoms with Gasteiger partial charge in [-0.2, -0.15) is 0 Å². The van der Waals surface area contributed by atoms with Crippen molar-refractivity contribution < 1.29 is 19.0 Å². The molecule has 0 unspecified atom stereocenters. The minimum Gasteiger partial charge on any atom is -0.497 e. The van der Waals surface area contributed by atoms with Gasteiger partial charge in [0.1, 0.15) is 18.1 Å². The van der Waals surface area contributed by atoms with Crippen molar-refractivity contribution in [2.24, 2.45) is 0 Å². The average molecular weight is 341 g/mol. The molecule has 0 fully saturated rings. The van der Waals surface area contributed by atoms with E-state index in [-0.39, 0.29) is 18.6 Å². The second-order valence-electron chi connectivity index (χ2n) is 6.00. The summed E-state index contributed by atoms with van der Waals surface area (Å²) >= 11 is 0. The number of amides is 1. The number of methoxy groups -OCH3 is 2. The second-order valence-corrected chi connectivity index (χ2v) is 6.00. The summed E-state index contributed by atoms with van der Waals surface area (Å²) in [7, 11) is 3.18. The highest BCUT2D eigenvalue weighted by Crippen LogP contribution is 2.38. The number of rotatable bonds is 6. The summed E-state index contributed by atoms with van der Waals surface area (Å²) in [4.78, 5) is 14.6. The highest BCUT2D eigenvalue weighted by molar-refractivity contribution is 5.78. The highest BCUT2D eigenvalue weighted by Gasteiger charge is 2.30. The molecule has 5 heteroatoms. The Morgan fingerprint density at radius 3 is 2.72 bits per heavy atom. The Kier molecular flexibility index (Phi) is 5.56. The van der Waals surface area contributed by atoms with Crippen LogP contribution in [0.1, 0.15) is 23.6 Å². The van der Waals surface area contributed by atoms with Crippen LogP contribution in [0.15, 0.2) is 48.5 Å². The largest absolute Gasteiger partial charge is 0.497 e. The molecule has 1 amide bonds. The Morgan fingerprint density at radius 1 is 1.20 bits per heavy atom. The maximum atomic E-state index is 12.7. The van der Waals surface area contributed by atoms with E-state index in [4.69, 9.17) is 14.2 Å². The number of nitrogens with zero attached hydrogens (tertiary/aromatic N) is 1. The van der Waals surface area contributed by atoms with Gasteiger partial charge in [0, 0.05) is 25.6 Å². The minimum absolute atomic E-state index is 0.0352. The van der Waals surface area contributed by atoms with Crippen LogP contribution in [0.5, 0.6) is 11.5 Å². The first-order chi connectivity index (χ1) is 12.2. The maximum Gasteiger partial charge on any atom is 0.249 e. The number of fused-ring (bicyclic) bond motifs is 1. The van der Waals surface area contributed by atoms with Gasteiger partial charge in [-0.3, -0.25) is 4.79 Å². The molecule has 0 N–H and O–H groups in total. The van der Waals surface area contributed by atoms with E-state index >= 15 is 0 Å². The van der Waals surface area contributed by atoms with E-state index in [1.54, 1.807) is 14.2 Å². The number of ether oxygens (including phenoxy) is 3. The quantitative estimate of drug-likeness (QED) is 0.810. The van der Waals surface area contributed by atoms with Crippen LogP contribution < -0.4 is 9.47 Å². The van der Waals surface area contributed by atoms with Gasteiger partial charge in [-0.25, -0.2) is 0 Å². The van der Waals surface area contributed by atoms with Crippen molar-refractivity contribution in [2.45, 2.75) is 19.0 Å². The molecule has 0 saturated carbocycles. The van der Waals surface area contributed by atoms with Crippen LogP contribution in [0.2, 0.25) is 0 Å². The van der Waals surface area contributed by atoms with Gasteiger partial charge in [-0.05, 0) is 23.8 Å². The zero-order valence-electron chi connectivity index (χ0n) is 14.6. The molecule has 0 aliphatic carbocycles. The van der Waals surface area contributed by atoms with E-state index in [9.17, 15) is 4.79 Å². The normalized spacial score (nSPS) is 15.8. The fourth-order valence-electron chi connectivity index (χ4n) is 3.16. The van der Waals surface area contributed by atoms with E-state index in [0.717, 1.165) is 29.0 Å². The number of hydrogen-bond donors (Lipinski definition) is 0. The Hall–Kier alpha value is -2.53. The minimum atomic E-state index is -0.0679. The fraction of sp³-hybridized carbons (Fsp3) is 0.350. The molecule has 0 radical (unpaired) electrons. The molecule has 1 aliphatic rings. The van der Waals surface area contributed by atoms with E-state index < -0.39 is 0 Å². The summed E-state index contributed by atoms with van der Waals surface area (Å²) < 4.78 is 16.2. The molecule has 5 nitrogen and oxygen atoms in total. The smallest absolute Gasteiger partial charge is 0.249 e. The molecule has 0 spiro atoms. The van der Waals surface area contributed by atoms with Crippen LogP contribution in [0.25, 0.3) is 0 Å². The van der Waals surface area contributed by atoms with Crippen molar-refractivity contribution >= 4 is 5.91 Å². The molecule has 0 bridgehead atoms. The van der Waals surface area contributed by atoms with Crippen LogP contribution in [-0.4, -0.2) is 38.2 Å². The average Bonchev–Trinajstić information content (AvgIpc) is 2.66. The highest BCUT2D eigenvalue weighted by atomic mass is 16.5. The molecule has 1 aliphatic heterocycles. The SMILES string of the molecule is COCC(=O)N(Cc1ccccc1)[C@H]1CCOc2ccc(OC)cc21. The van der Waals surface area contributed by atoms with Gasteiger partial charge < -0.3 is 19.1 Å². The van der Waals surface area contributed by atoms with Gasteiger partial charge in [0.2, 0.25) is 5.91 Å². The van der Waals surface area contributed by atoms with Gasteiger partial charge in [0.05, 0.1) is 19.8 Å². The summed E-state index contributed by atoms with van der Waals surface area (Å²) in [6.07, 6.45) is 0.739. The van der Waals surface area contributed by atoms with E-state index in [1.807, 2.05) is 53.4 Å². The Morgan fingerprint density at radius 2 is 2.00 bits per heavy atom. The van der Waals surface area contributed by atoms with Gasteiger partial charge in [0.25, 0.3) is 0 Å².